The topological polar surface area (TPSA) is 12.0 Å². The van der Waals surface area contributed by atoms with Gasteiger partial charge in [0.1, 0.15) is 5.82 Å². The molecule has 1 aromatic rings. The summed E-state index contributed by atoms with van der Waals surface area (Å²) in [6, 6.07) is 1.59. The van der Waals surface area contributed by atoms with Gasteiger partial charge >= 0.3 is 0 Å². The summed E-state index contributed by atoms with van der Waals surface area (Å²) in [6.07, 6.45) is 3.70. The van der Waals surface area contributed by atoms with Crippen LogP contribution in [0.3, 0.4) is 0 Å². The van der Waals surface area contributed by atoms with E-state index in [0.29, 0.717) is 6.07 Å². The molecule has 1 atom stereocenters. The van der Waals surface area contributed by atoms with Crippen LogP contribution in [0.15, 0.2) is 12.1 Å². The predicted molar refractivity (Wildman–Crippen MR) is 63.5 cm³/mol. The Labute approximate surface area is 100 Å². The number of benzene rings is 1. The SMILES string of the molecule is CCCCC(CC)Nc1cc(F)cc(F)c1F. The highest BCUT2D eigenvalue weighted by Crippen LogP contribution is 2.21. The average Bonchev–Trinajstić information content (AvgIpc) is 2.30. The van der Waals surface area contributed by atoms with Gasteiger partial charge in [0.25, 0.3) is 0 Å². The summed E-state index contributed by atoms with van der Waals surface area (Å²) in [4.78, 5) is 0. The number of nitrogens with one attached hydrogen (secondary N) is 1. The molecule has 0 bridgehead atoms. The van der Waals surface area contributed by atoms with Crippen molar-refractivity contribution in [1.29, 1.82) is 0 Å². The summed E-state index contributed by atoms with van der Waals surface area (Å²) in [7, 11) is 0. The molecule has 0 spiro atoms. The highest BCUT2D eigenvalue weighted by molar-refractivity contribution is 5.46. The monoisotopic (exact) mass is 245 g/mol. The fraction of sp³-hybridized carbons (Fsp3) is 0.538. The van der Waals surface area contributed by atoms with Crippen LogP contribution >= 0.6 is 0 Å². The Balaban J connectivity index is 2.78. The van der Waals surface area contributed by atoms with Crippen LogP contribution < -0.4 is 5.32 Å². The van der Waals surface area contributed by atoms with Crippen molar-refractivity contribution in [3.05, 3.63) is 29.6 Å². The number of halogens is 3. The Morgan fingerprint density at radius 3 is 2.47 bits per heavy atom. The van der Waals surface area contributed by atoms with Crippen LogP contribution in [0.1, 0.15) is 39.5 Å². The lowest BCUT2D eigenvalue weighted by atomic mass is 10.1. The van der Waals surface area contributed by atoms with Gasteiger partial charge in [-0.1, -0.05) is 26.7 Å². The van der Waals surface area contributed by atoms with Gasteiger partial charge in [-0.15, -0.1) is 0 Å². The normalized spacial score (nSPS) is 12.5. The molecule has 0 aliphatic heterocycles. The molecule has 0 radical (unpaired) electrons. The van der Waals surface area contributed by atoms with Crippen molar-refractivity contribution in [3.63, 3.8) is 0 Å². The number of unbranched alkanes of at least 4 members (excludes halogenated alkanes) is 1. The van der Waals surface area contributed by atoms with Gasteiger partial charge < -0.3 is 5.32 Å². The minimum absolute atomic E-state index is 0.0469. The number of rotatable bonds is 6. The fourth-order valence-corrected chi connectivity index (χ4v) is 1.71. The van der Waals surface area contributed by atoms with Gasteiger partial charge in [0.2, 0.25) is 0 Å². The van der Waals surface area contributed by atoms with E-state index in [-0.39, 0.29) is 11.7 Å². The van der Waals surface area contributed by atoms with Gasteiger partial charge in [-0.2, -0.15) is 0 Å². The molecule has 0 aliphatic rings. The lowest BCUT2D eigenvalue weighted by Crippen LogP contribution is -2.19. The van der Waals surface area contributed by atoms with Crippen molar-refractivity contribution in [1.82, 2.24) is 0 Å². The van der Waals surface area contributed by atoms with Crippen LogP contribution in [0.5, 0.6) is 0 Å². The summed E-state index contributed by atoms with van der Waals surface area (Å²) in [6.45, 7) is 4.02. The second-order valence-electron chi connectivity index (χ2n) is 4.14. The van der Waals surface area contributed by atoms with E-state index in [1.807, 2.05) is 6.92 Å². The minimum Gasteiger partial charge on any atom is -0.380 e. The van der Waals surface area contributed by atoms with E-state index in [2.05, 4.69) is 12.2 Å². The number of anilines is 1. The number of hydrogen-bond donors (Lipinski definition) is 1. The van der Waals surface area contributed by atoms with E-state index < -0.39 is 17.5 Å². The van der Waals surface area contributed by atoms with Crippen molar-refractivity contribution in [3.8, 4) is 0 Å². The second kappa shape index (κ2) is 6.52. The third-order valence-corrected chi connectivity index (χ3v) is 2.75. The Bertz CT molecular complexity index is 366. The summed E-state index contributed by atoms with van der Waals surface area (Å²) in [5.41, 5.74) is -0.0922. The lowest BCUT2D eigenvalue weighted by molar-refractivity contribution is 0.493. The predicted octanol–water partition coefficient (Wildman–Crippen LogP) is 4.48. The second-order valence-corrected chi connectivity index (χ2v) is 4.14. The van der Waals surface area contributed by atoms with E-state index in [1.54, 1.807) is 0 Å². The third kappa shape index (κ3) is 3.95. The first-order chi connectivity index (χ1) is 8.08. The maximum atomic E-state index is 13.4. The van der Waals surface area contributed by atoms with Crippen molar-refractivity contribution in [2.75, 3.05) is 5.32 Å². The van der Waals surface area contributed by atoms with Gasteiger partial charge in [0, 0.05) is 18.2 Å². The number of hydrogen-bond acceptors (Lipinski definition) is 1. The van der Waals surface area contributed by atoms with Gasteiger partial charge in [-0.25, -0.2) is 13.2 Å². The molecule has 1 N–H and O–H groups in total. The van der Waals surface area contributed by atoms with Gasteiger partial charge in [-0.3, -0.25) is 0 Å². The van der Waals surface area contributed by atoms with E-state index >= 15 is 0 Å². The molecule has 0 saturated carbocycles. The Morgan fingerprint density at radius 1 is 1.18 bits per heavy atom. The molecule has 17 heavy (non-hydrogen) atoms. The maximum absolute atomic E-state index is 13.4. The molecule has 0 saturated heterocycles. The Hall–Kier alpha value is -1.19. The molecule has 0 amide bonds. The Morgan fingerprint density at radius 2 is 1.88 bits per heavy atom. The Kier molecular flexibility index (Phi) is 5.32. The van der Waals surface area contributed by atoms with E-state index in [9.17, 15) is 13.2 Å². The molecule has 0 aromatic heterocycles. The zero-order chi connectivity index (χ0) is 12.8. The molecular formula is C13H18F3N. The molecule has 0 fully saturated rings. The van der Waals surface area contributed by atoms with Crippen molar-refractivity contribution >= 4 is 5.69 Å². The van der Waals surface area contributed by atoms with Crippen molar-refractivity contribution < 1.29 is 13.2 Å². The quantitative estimate of drug-likeness (QED) is 0.728. The van der Waals surface area contributed by atoms with Gasteiger partial charge in [0.05, 0.1) is 5.69 Å². The molecule has 4 heteroatoms. The molecule has 1 rings (SSSR count). The molecule has 96 valence electrons. The van der Waals surface area contributed by atoms with Crippen molar-refractivity contribution in [2.24, 2.45) is 0 Å². The van der Waals surface area contributed by atoms with E-state index in [1.165, 1.54) is 0 Å². The van der Waals surface area contributed by atoms with Gasteiger partial charge in [-0.05, 0) is 12.8 Å². The van der Waals surface area contributed by atoms with Gasteiger partial charge in [0.15, 0.2) is 11.6 Å². The van der Waals surface area contributed by atoms with Crippen LogP contribution in [-0.4, -0.2) is 6.04 Å². The smallest absolute Gasteiger partial charge is 0.182 e. The van der Waals surface area contributed by atoms with Crippen LogP contribution in [0.2, 0.25) is 0 Å². The first-order valence-electron chi connectivity index (χ1n) is 5.99. The minimum atomic E-state index is -1.15. The molecule has 0 aliphatic carbocycles. The fourth-order valence-electron chi connectivity index (χ4n) is 1.71. The van der Waals surface area contributed by atoms with E-state index in [4.69, 9.17) is 0 Å². The molecule has 1 aromatic carbocycles. The molecule has 1 nitrogen and oxygen atoms in total. The standard InChI is InChI=1S/C13H18F3N/c1-3-5-6-10(4-2)17-12-8-9(14)7-11(15)13(12)16/h7-8,10,17H,3-6H2,1-2H3. The first kappa shape index (κ1) is 13.9. The highest BCUT2D eigenvalue weighted by atomic mass is 19.2. The molecular weight excluding hydrogens is 227 g/mol. The van der Waals surface area contributed by atoms with E-state index in [0.717, 1.165) is 31.7 Å². The average molecular weight is 245 g/mol. The maximum Gasteiger partial charge on any atom is 0.182 e. The summed E-state index contributed by atoms with van der Waals surface area (Å²) >= 11 is 0. The van der Waals surface area contributed by atoms with Crippen LogP contribution in [0.25, 0.3) is 0 Å². The first-order valence-corrected chi connectivity index (χ1v) is 5.99. The lowest BCUT2D eigenvalue weighted by Gasteiger charge is -2.18. The third-order valence-electron chi connectivity index (χ3n) is 2.75. The zero-order valence-electron chi connectivity index (χ0n) is 10.2. The zero-order valence-corrected chi connectivity index (χ0v) is 10.2. The summed E-state index contributed by atoms with van der Waals surface area (Å²) in [5, 5.41) is 2.86. The largest absolute Gasteiger partial charge is 0.380 e. The molecule has 0 heterocycles. The van der Waals surface area contributed by atoms with Crippen LogP contribution in [0.4, 0.5) is 18.9 Å². The highest BCUT2D eigenvalue weighted by Gasteiger charge is 2.14. The molecule has 1 unspecified atom stereocenters. The summed E-state index contributed by atoms with van der Waals surface area (Å²) < 4.78 is 39.4. The van der Waals surface area contributed by atoms with Crippen molar-refractivity contribution in [2.45, 2.75) is 45.6 Å². The summed E-state index contributed by atoms with van der Waals surface area (Å²) in [5.74, 6) is -2.93. The van der Waals surface area contributed by atoms with Crippen LogP contribution in [0, 0.1) is 17.5 Å². The van der Waals surface area contributed by atoms with Crippen LogP contribution in [-0.2, 0) is 0 Å².